The summed E-state index contributed by atoms with van der Waals surface area (Å²) in [6, 6.07) is 2.28. The summed E-state index contributed by atoms with van der Waals surface area (Å²) in [5.41, 5.74) is -0.721. The van der Waals surface area contributed by atoms with Crippen LogP contribution in [0.3, 0.4) is 0 Å². The van der Waals surface area contributed by atoms with E-state index in [2.05, 4.69) is 15.9 Å². The van der Waals surface area contributed by atoms with Gasteiger partial charge in [-0.05, 0) is 12.0 Å². The largest absolute Gasteiger partial charge is 0.304 e. The van der Waals surface area contributed by atoms with E-state index in [0.29, 0.717) is 0 Å². The van der Waals surface area contributed by atoms with Crippen molar-refractivity contribution < 1.29 is 14.1 Å². The number of alkyl halides is 1. The molecule has 1 aromatic carbocycles. The normalized spacial score (nSPS) is 19.0. The second-order valence-corrected chi connectivity index (χ2v) is 5.47. The molecule has 1 saturated heterocycles. The molecule has 19 heavy (non-hydrogen) atoms. The van der Waals surface area contributed by atoms with Crippen molar-refractivity contribution in [1.82, 2.24) is 0 Å². The molecule has 1 heterocycles. The molecule has 0 radical (unpaired) electrons. The first kappa shape index (κ1) is 14.2. The zero-order chi connectivity index (χ0) is 14.2. The van der Waals surface area contributed by atoms with Gasteiger partial charge >= 0.3 is 0 Å². The molecule has 2 rings (SSSR count). The SMILES string of the molecule is O=C1CC(CCl)CN1c1c(F)cc(Br)cc1[N+](=O)[O-]. The van der Waals surface area contributed by atoms with E-state index in [0.717, 1.165) is 11.0 Å². The fourth-order valence-electron chi connectivity index (χ4n) is 2.06. The minimum atomic E-state index is -0.801. The maximum Gasteiger partial charge on any atom is 0.297 e. The molecule has 1 atom stereocenters. The Kier molecular flexibility index (Phi) is 4.05. The van der Waals surface area contributed by atoms with Crippen molar-refractivity contribution >= 4 is 44.8 Å². The number of carbonyl (C=O) groups excluding carboxylic acids is 1. The number of hydrogen-bond acceptors (Lipinski definition) is 3. The first-order valence-electron chi connectivity index (χ1n) is 5.43. The lowest BCUT2D eigenvalue weighted by atomic mass is 10.1. The maximum atomic E-state index is 14.0. The summed E-state index contributed by atoms with van der Waals surface area (Å²) in [4.78, 5) is 23.2. The molecule has 1 amide bonds. The molecule has 1 unspecified atom stereocenters. The molecule has 0 aliphatic carbocycles. The van der Waals surface area contributed by atoms with Gasteiger partial charge in [-0.3, -0.25) is 14.9 Å². The minimum Gasteiger partial charge on any atom is -0.304 e. The molecule has 1 fully saturated rings. The predicted octanol–water partition coefficient (Wildman–Crippen LogP) is 3.09. The summed E-state index contributed by atoms with van der Waals surface area (Å²) in [6.07, 6.45) is 0.177. The molecule has 0 spiro atoms. The van der Waals surface area contributed by atoms with Crippen molar-refractivity contribution in [2.24, 2.45) is 5.92 Å². The van der Waals surface area contributed by atoms with Crippen LogP contribution in [0.25, 0.3) is 0 Å². The smallest absolute Gasteiger partial charge is 0.297 e. The molecule has 102 valence electrons. The average Bonchev–Trinajstić information content (AvgIpc) is 2.69. The third-order valence-electron chi connectivity index (χ3n) is 2.90. The Hall–Kier alpha value is -1.21. The van der Waals surface area contributed by atoms with Crippen molar-refractivity contribution in [2.75, 3.05) is 17.3 Å². The first-order chi connectivity index (χ1) is 8.93. The van der Waals surface area contributed by atoms with E-state index in [1.54, 1.807) is 0 Å². The highest BCUT2D eigenvalue weighted by Crippen LogP contribution is 2.37. The fraction of sp³-hybridized carbons (Fsp3) is 0.364. The molecule has 0 aromatic heterocycles. The standard InChI is InChI=1S/C11H9BrClFN2O3/c12-7-2-8(14)11(9(3-7)16(18)19)15-5-6(4-13)1-10(15)17/h2-3,6H,1,4-5H2. The molecule has 1 aromatic rings. The molecular weight excluding hydrogens is 342 g/mol. The highest BCUT2D eigenvalue weighted by Gasteiger charge is 2.36. The number of hydrogen-bond donors (Lipinski definition) is 0. The Morgan fingerprint density at radius 3 is 2.79 bits per heavy atom. The van der Waals surface area contributed by atoms with Gasteiger partial charge in [0, 0.05) is 29.4 Å². The molecule has 0 bridgehead atoms. The van der Waals surface area contributed by atoms with Crippen molar-refractivity contribution in [1.29, 1.82) is 0 Å². The van der Waals surface area contributed by atoms with Crippen LogP contribution in [0.1, 0.15) is 6.42 Å². The van der Waals surface area contributed by atoms with Crippen LogP contribution in [0.2, 0.25) is 0 Å². The number of benzene rings is 1. The van der Waals surface area contributed by atoms with E-state index in [4.69, 9.17) is 11.6 Å². The Balaban J connectivity index is 2.50. The van der Waals surface area contributed by atoms with Crippen LogP contribution in [0.5, 0.6) is 0 Å². The number of rotatable bonds is 3. The van der Waals surface area contributed by atoms with Crippen molar-refractivity contribution in [3.63, 3.8) is 0 Å². The van der Waals surface area contributed by atoms with Crippen LogP contribution in [0.4, 0.5) is 15.8 Å². The second kappa shape index (κ2) is 5.42. The van der Waals surface area contributed by atoms with E-state index in [9.17, 15) is 19.3 Å². The number of nitrogens with zero attached hydrogens (tertiary/aromatic N) is 2. The summed E-state index contributed by atoms with van der Waals surface area (Å²) in [5, 5.41) is 11.0. The number of carbonyl (C=O) groups is 1. The molecule has 8 heteroatoms. The molecular formula is C11H9BrClFN2O3. The number of anilines is 1. The van der Waals surface area contributed by atoms with Crippen LogP contribution < -0.4 is 4.90 Å². The van der Waals surface area contributed by atoms with E-state index >= 15 is 0 Å². The highest BCUT2D eigenvalue weighted by atomic mass is 79.9. The first-order valence-corrected chi connectivity index (χ1v) is 6.76. The summed E-state index contributed by atoms with van der Waals surface area (Å²) in [7, 11) is 0. The quantitative estimate of drug-likeness (QED) is 0.477. The van der Waals surface area contributed by atoms with E-state index in [1.807, 2.05) is 0 Å². The van der Waals surface area contributed by atoms with Crippen LogP contribution in [0, 0.1) is 21.8 Å². The van der Waals surface area contributed by atoms with Crippen molar-refractivity contribution in [2.45, 2.75) is 6.42 Å². The third kappa shape index (κ3) is 2.71. The van der Waals surface area contributed by atoms with Crippen LogP contribution in [0.15, 0.2) is 16.6 Å². The van der Waals surface area contributed by atoms with Gasteiger partial charge in [-0.2, -0.15) is 0 Å². The summed E-state index contributed by atoms with van der Waals surface area (Å²) in [6.45, 7) is 0.196. The number of halogens is 3. The van der Waals surface area contributed by atoms with Gasteiger partial charge in [0.2, 0.25) is 5.91 Å². The molecule has 0 saturated carbocycles. The summed E-state index contributed by atoms with van der Waals surface area (Å²) < 4.78 is 14.2. The zero-order valence-corrected chi connectivity index (χ0v) is 11.9. The summed E-state index contributed by atoms with van der Waals surface area (Å²) in [5.74, 6) is -1.01. The second-order valence-electron chi connectivity index (χ2n) is 4.24. The van der Waals surface area contributed by atoms with Crippen molar-refractivity contribution in [3.05, 3.63) is 32.5 Å². The van der Waals surface area contributed by atoms with E-state index in [-0.39, 0.29) is 40.8 Å². The van der Waals surface area contributed by atoms with E-state index < -0.39 is 16.4 Å². The Morgan fingerprint density at radius 1 is 1.58 bits per heavy atom. The third-order valence-corrected chi connectivity index (χ3v) is 3.79. The Morgan fingerprint density at radius 2 is 2.26 bits per heavy atom. The van der Waals surface area contributed by atoms with E-state index in [1.165, 1.54) is 6.07 Å². The molecule has 5 nitrogen and oxygen atoms in total. The highest BCUT2D eigenvalue weighted by molar-refractivity contribution is 9.10. The fourth-order valence-corrected chi connectivity index (χ4v) is 2.68. The van der Waals surface area contributed by atoms with Gasteiger partial charge < -0.3 is 4.90 Å². The topological polar surface area (TPSA) is 63.5 Å². The lowest BCUT2D eigenvalue weighted by molar-refractivity contribution is -0.384. The van der Waals surface area contributed by atoms with Gasteiger partial charge in [0.05, 0.1) is 4.92 Å². The van der Waals surface area contributed by atoms with Gasteiger partial charge in [0.15, 0.2) is 11.5 Å². The maximum absolute atomic E-state index is 14.0. The zero-order valence-electron chi connectivity index (χ0n) is 9.61. The Labute approximate surface area is 121 Å². The number of nitro groups is 1. The monoisotopic (exact) mass is 350 g/mol. The molecule has 1 aliphatic rings. The molecule has 0 N–H and O–H groups in total. The Bertz CT molecular complexity index is 555. The van der Waals surface area contributed by atoms with Crippen LogP contribution in [-0.4, -0.2) is 23.3 Å². The summed E-state index contributed by atoms with van der Waals surface area (Å²) >= 11 is 8.67. The van der Waals surface area contributed by atoms with Gasteiger partial charge in [0.1, 0.15) is 0 Å². The molecule has 1 aliphatic heterocycles. The van der Waals surface area contributed by atoms with Gasteiger partial charge in [-0.25, -0.2) is 4.39 Å². The van der Waals surface area contributed by atoms with Gasteiger partial charge in [-0.1, -0.05) is 15.9 Å². The van der Waals surface area contributed by atoms with Crippen LogP contribution in [-0.2, 0) is 4.79 Å². The average molecular weight is 352 g/mol. The minimum absolute atomic E-state index is 0.114. The van der Waals surface area contributed by atoms with Crippen molar-refractivity contribution in [3.8, 4) is 0 Å². The lowest BCUT2D eigenvalue weighted by Crippen LogP contribution is -2.26. The van der Waals surface area contributed by atoms with Crippen LogP contribution >= 0.6 is 27.5 Å². The number of nitro benzene ring substituents is 1. The number of amides is 1. The lowest BCUT2D eigenvalue weighted by Gasteiger charge is -2.17. The predicted molar refractivity (Wildman–Crippen MR) is 71.9 cm³/mol. The van der Waals surface area contributed by atoms with Gasteiger partial charge in [-0.15, -0.1) is 11.6 Å². The van der Waals surface area contributed by atoms with Gasteiger partial charge in [0.25, 0.3) is 5.69 Å².